The predicted molar refractivity (Wildman–Crippen MR) is 122 cm³/mol. The lowest BCUT2D eigenvalue weighted by atomic mass is 9.53. The van der Waals surface area contributed by atoms with Gasteiger partial charge >= 0.3 is 5.97 Å². The summed E-state index contributed by atoms with van der Waals surface area (Å²) >= 11 is 1.61. The molecule has 0 radical (unpaired) electrons. The van der Waals surface area contributed by atoms with Crippen molar-refractivity contribution in [3.63, 3.8) is 0 Å². The zero-order valence-electron chi connectivity index (χ0n) is 17.4. The van der Waals surface area contributed by atoms with Crippen LogP contribution in [0.3, 0.4) is 0 Å². The highest BCUT2D eigenvalue weighted by Crippen LogP contribution is 2.61. The number of carboxylic acid groups (broad SMARTS) is 1. The summed E-state index contributed by atoms with van der Waals surface area (Å²) in [6.07, 6.45) is 1.22. The molecular weight excluding hydrogens is 406 g/mol. The Morgan fingerprint density at radius 2 is 1.77 bits per heavy atom. The Labute approximate surface area is 186 Å². The number of hydrogen-bond donors (Lipinski definition) is 2. The monoisotopic (exact) mass is 433 g/mol. The Balaban J connectivity index is 1.60. The zero-order valence-corrected chi connectivity index (χ0v) is 18.2. The van der Waals surface area contributed by atoms with Gasteiger partial charge in [0.1, 0.15) is 0 Å². The number of carbonyl (C=O) groups is 1. The minimum absolute atomic E-state index is 0.106. The van der Waals surface area contributed by atoms with E-state index in [0.29, 0.717) is 32.5 Å². The van der Waals surface area contributed by atoms with Gasteiger partial charge in [0.05, 0.1) is 11.0 Å². The molecular formula is C26H27NO3S. The van der Waals surface area contributed by atoms with Crippen molar-refractivity contribution < 1.29 is 15.0 Å². The maximum Gasteiger partial charge on any atom is 0.312 e. The smallest absolute Gasteiger partial charge is 0.312 e. The maximum atomic E-state index is 13.0. The predicted octanol–water partition coefficient (Wildman–Crippen LogP) is 4.72. The first kappa shape index (κ1) is 20.4. The van der Waals surface area contributed by atoms with Gasteiger partial charge in [0.2, 0.25) is 0 Å². The number of thiophene rings is 1. The maximum absolute atomic E-state index is 13.0. The number of hydrogen-bond acceptors (Lipinski definition) is 4. The molecule has 5 rings (SSSR count). The number of likely N-dealkylation sites (tertiary alicyclic amines) is 1. The first-order valence-corrected chi connectivity index (χ1v) is 11.8. The molecule has 4 nitrogen and oxygen atoms in total. The van der Waals surface area contributed by atoms with E-state index >= 15 is 0 Å². The highest BCUT2D eigenvalue weighted by atomic mass is 32.1. The molecule has 2 heterocycles. The van der Waals surface area contributed by atoms with Gasteiger partial charge in [0, 0.05) is 31.5 Å². The molecule has 1 aliphatic heterocycles. The third-order valence-corrected chi connectivity index (χ3v) is 8.13. The molecule has 31 heavy (non-hydrogen) atoms. The van der Waals surface area contributed by atoms with Gasteiger partial charge in [-0.15, -0.1) is 0 Å². The van der Waals surface area contributed by atoms with Gasteiger partial charge in [0.25, 0.3) is 0 Å². The van der Waals surface area contributed by atoms with Gasteiger partial charge < -0.3 is 10.2 Å². The summed E-state index contributed by atoms with van der Waals surface area (Å²) in [6.45, 7) is 1.69. The Hall–Kier alpha value is -2.47. The second-order valence-electron chi connectivity index (χ2n) is 8.99. The van der Waals surface area contributed by atoms with Crippen molar-refractivity contribution in [1.82, 2.24) is 4.90 Å². The molecule has 1 aliphatic carbocycles. The molecule has 0 bridgehead atoms. The van der Waals surface area contributed by atoms with Crippen molar-refractivity contribution in [2.24, 2.45) is 11.3 Å². The minimum Gasteiger partial charge on any atom is -0.481 e. The molecule has 0 amide bonds. The standard InChI is InChI=1S/C26H27NO3S/c28-24(29)25-18-27(15-19-7-3-1-4-8-19)16-23(25)26(30,21-9-5-2-6-10-21)13-11-22(25)20-12-14-31-17-20/h1-10,12,14,17,22-23,30H,11,13,15-16,18H2,(H,28,29). The van der Waals surface area contributed by atoms with Gasteiger partial charge in [-0.1, -0.05) is 60.7 Å². The summed E-state index contributed by atoms with van der Waals surface area (Å²) in [5.74, 6) is -1.29. The molecule has 2 aliphatic rings. The third kappa shape index (κ3) is 3.32. The van der Waals surface area contributed by atoms with Gasteiger partial charge in [-0.2, -0.15) is 11.3 Å². The highest BCUT2D eigenvalue weighted by molar-refractivity contribution is 7.08. The van der Waals surface area contributed by atoms with Crippen LogP contribution in [0, 0.1) is 11.3 Å². The number of benzene rings is 2. The van der Waals surface area contributed by atoms with E-state index < -0.39 is 17.0 Å². The number of aliphatic carboxylic acids is 1. The Morgan fingerprint density at radius 3 is 2.42 bits per heavy atom. The largest absolute Gasteiger partial charge is 0.481 e. The average Bonchev–Trinajstić information content (AvgIpc) is 3.45. The van der Waals surface area contributed by atoms with Crippen LogP contribution in [-0.2, 0) is 16.9 Å². The second-order valence-corrected chi connectivity index (χ2v) is 9.77. The van der Waals surface area contributed by atoms with Crippen LogP contribution < -0.4 is 0 Å². The second kappa shape index (κ2) is 7.90. The molecule has 1 saturated carbocycles. The lowest BCUT2D eigenvalue weighted by molar-refractivity contribution is -0.169. The lowest BCUT2D eigenvalue weighted by Gasteiger charge is -2.50. The number of carboxylic acids is 1. The van der Waals surface area contributed by atoms with E-state index in [2.05, 4.69) is 28.5 Å². The Bertz CT molecular complexity index is 1040. The number of aliphatic hydroxyl groups is 1. The molecule has 5 heteroatoms. The van der Waals surface area contributed by atoms with Crippen molar-refractivity contribution in [2.45, 2.75) is 30.9 Å². The van der Waals surface area contributed by atoms with Gasteiger partial charge in [-0.05, 0) is 46.4 Å². The topological polar surface area (TPSA) is 60.8 Å². The Kier molecular flexibility index (Phi) is 5.21. The van der Waals surface area contributed by atoms with E-state index in [0.717, 1.165) is 16.7 Å². The Morgan fingerprint density at radius 1 is 1.06 bits per heavy atom. The van der Waals surface area contributed by atoms with Crippen molar-refractivity contribution in [3.05, 3.63) is 94.2 Å². The lowest BCUT2D eigenvalue weighted by Crippen LogP contribution is -2.56. The summed E-state index contributed by atoms with van der Waals surface area (Å²) in [4.78, 5) is 15.3. The van der Waals surface area contributed by atoms with E-state index in [-0.39, 0.29) is 11.8 Å². The van der Waals surface area contributed by atoms with Crippen molar-refractivity contribution >= 4 is 17.3 Å². The van der Waals surface area contributed by atoms with Crippen LogP contribution in [0.15, 0.2) is 77.5 Å². The van der Waals surface area contributed by atoms with Gasteiger partial charge in [-0.25, -0.2) is 0 Å². The molecule has 1 aromatic heterocycles. The number of rotatable bonds is 5. The normalized spacial score (nSPS) is 30.7. The van der Waals surface area contributed by atoms with E-state index in [4.69, 9.17) is 0 Å². The van der Waals surface area contributed by atoms with Crippen LogP contribution >= 0.6 is 11.3 Å². The molecule has 2 aromatic carbocycles. The van der Waals surface area contributed by atoms with Crippen LogP contribution in [0.4, 0.5) is 0 Å². The average molecular weight is 434 g/mol. The van der Waals surface area contributed by atoms with Gasteiger partial charge in [-0.3, -0.25) is 9.69 Å². The quantitative estimate of drug-likeness (QED) is 0.611. The molecule has 4 unspecified atom stereocenters. The third-order valence-electron chi connectivity index (χ3n) is 7.43. The number of fused-ring (bicyclic) bond motifs is 1. The summed E-state index contributed by atoms with van der Waals surface area (Å²) in [5, 5.41) is 26.8. The first-order chi connectivity index (χ1) is 15.0. The molecule has 2 fully saturated rings. The fourth-order valence-corrected chi connectivity index (χ4v) is 6.74. The van der Waals surface area contributed by atoms with E-state index in [1.165, 1.54) is 0 Å². The SMILES string of the molecule is O=C(O)C12CN(Cc3ccccc3)CC1C(O)(c1ccccc1)CCC2c1ccsc1. The van der Waals surface area contributed by atoms with Crippen LogP contribution in [0.5, 0.6) is 0 Å². The minimum atomic E-state index is -1.16. The number of nitrogens with zero attached hydrogens (tertiary/aromatic N) is 1. The van der Waals surface area contributed by atoms with Crippen LogP contribution in [0.1, 0.15) is 35.4 Å². The molecule has 4 atom stereocenters. The van der Waals surface area contributed by atoms with Crippen LogP contribution in [0.2, 0.25) is 0 Å². The molecule has 1 saturated heterocycles. The summed E-state index contributed by atoms with van der Waals surface area (Å²) in [7, 11) is 0. The van der Waals surface area contributed by atoms with E-state index in [1.807, 2.05) is 53.9 Å². The summed E-state index contributed by atoms with van der Waals surface area (Å²) in [6, 6.07) is 21.9. The first-order valence-electron chi connectivity index (χ1n) is 10.8. The highest BCUT2D eigenvalue weighted by Gasteiger charge is 2.66. The van der Waals surface area contributed by atoms with Gasteiger partial charge in [0.15, 0.2) is 0 Å². The van der Waals surface area contributed by atoms with Crippen LogP contribution in [0.25, 0.3) is 0 Å². The van der Waals surface area contributed by atoms with Crippen molar-refractivity contribution in [1.29, 1.82) is 0 Å². The van der Waals surface area contributed by atoms with Crippen molar-refractivity contribution in [3.8, 4) is 0 Å². The molecule has 3 aromatic rings. The molecule has 160 valence electrons. The summed E-state index contributed by atoms with van der Waals surface area (Å²) < 4.78 is 0. The van der Waals surface area contributed by atoms with Crippen LogP contribution in [-0.4, -0.2) is 34.2 Å². The molecule has 2 N–H and O–H groups in total. The molecule has 0 spiro atoms. The fourth-order valence-electron chi connectivity index (χ4n) is 6.03. The van der Waals surface area contributed by atoms with E-state index in [9.17, 15) is 15.0 Å². The zero-order chi connectivity index (χ0) is 21.5. The van der Waals surface area contributed by atoms with Crippen molar-refractivity contribution in [2.75, 3.05) is 13.1 Å². The van der Waals surface area contributed by atoms with E-state index in [1.54, 1.807) is 11.3 Å². The summed E-state index contributed by atoms with van der Waals surface area (Å²) in [5.41, 5.74) is 0.901. The fraction of sp³-hybridized carbons (Fsp3) is 0.346.